The summed E-state index contributed by atoms with van der Waals surface area (Å²) in [5.74, 6) is -0.0420. The second kappa shape index (κ2) is 5.08. The van der Waals surface area contributed by atoms with Crippen LogP contribution in [0, 0.1) is 0 Å². The number of hydrogen-bond acceptors (Lipinski definition) is 2. The Hall–Kier alpha value is -0.770. The molecule has 5 heteroatoms. The van der Waals surface area contributed by atoms with E-state index in [1.165, 1.54) is 0 Å². The van der Waals surface area contributed by atoms with Crippen LogP contribution in [-0.4, -0.2) is 24.2 Å². The lowest BCUT2D eigenvalue weighted by atomic mass is 10.1. The van der Waals surface area contributed by atoms with Crippen molar-refractivity contribution < 1.29 is 9.53 Å². The third kappa shape index (κ3) is 3.37. The molecule has 1 aromatic carbocycles. The van der Waals surface area contributed by atoms with E-state index in [1.54, 1.807) is 18.2 Å². The smallest absolute Gasteiger partial charge is 0.224 e. The molecule has 1 unspecified atom stereocenters. The van der Waals surface area contributed by atoms with Crippen molar-refractivity contribution in [2.75, 3.05) is 6.54 Å². The molecule has 3 nitrogen and oxygen atoms in total. The fraction of sp³-hybridized carbons (Fsp3) is 0.462. The maximum Gasteiger partial charge on any atom is 0.224 e. The number of nitrogens with one attached hydrogen (secondary N) is 1. The highest BCUT2D eigenvalue weighted by atomic mass is 35.5. The highest BCUT2D eigenvalue weighted by Crippen LogP contribution is 2.34. The minimum absolute atomic E-state index is 0.0420. The molecular formula is C13H15Cl2NO2. The van der Waals surface area contributed by atoms with Gasteiger partial charge in [-0.15, -0.1) is 0 Å². The molecule has 98 valence electrons. The highest BCUT2D eigenvalue weighted by molar-refractivity contribution is 6.42. The molecule has 1 N–H and O–H groups in total. The zero-order valence-corrected chi connectivity index (χ0v) is 11.8. The van der Waals surface area contributed by atoms with Crippen molar-refractivity contribution >= 4 is 29.1 Å². The van der Waals surface area contributed by atoms with Crippen molar-refractivity contribution in [2.24, 2.45) is 0 Å². The third-order valence-electron chi connectivity index (χ3n) is 3.00. The van der Waals surface area contributed by atoms with Crippen LogP contribution in [0.3, 0.4) is 0 Å². The Morgan fingerprint density at radius 3 is 2.61 bits per heavy atom. The number of ether oxygens (including phenoxy) is 1. The Bertz CT molecular complexity index is 474. The van der Waals surface area contributed by atoms with Gasteiger partial charge in [-0.25, -0.2) is 0 Å². The van der Waals surface area contributed by atoms with Crippen molar-refractivity contribution in [2.45, 2.75) is 32.0 Å². The SMILES string of the molecule is CC1(C)OC1CNC(=O)Cc1ccc(Cl)c(Cl)c1. The summed E-state index contributed by atoms with van der Waals surface area (Å²) in [6.07, 6.45) is 0.416. The minimum Gasteiger partial charge on any atom is -0.365 e. The van der Waals surface area contributed by atoms with Gasteiger partial charge in [0.15, 0.2) is 0 Å². The van der Waals surface area contributed by atoms with Gasteiger partial charge >= 0.3 is 0 Å². The fourth-order valence-electron chi connectivity index (χ4n) is 1.72. The van der Waals surface area contributed by atoms with Gasteiger partial charge < -0.3 is 10.1 Å². The summed E-state index contributed by atoms with van der Waals surface area (Å²) < 4.78 is 5.39. The average Bonchev–Trinajstić information content (AvgIpc) is 2.89. The van der Waals surface area contributed by atoms with Crippen LogP contribution < -0.4 is 5.32 Å². The molecule has 2 rings (SSSR count). The summed E-state index contributed by atoms with van der Waals surface area (Å²) in [4.78, 5) is 11.7. The summed E-state index contributed by atoms with van der Waals surface area (Å²) in [7, 11) is 0. The van der Waals surface area contributed by atoms with E-state index in [1.807, 2.05) is 13.8 Å². The predicted octanol–water partition coefficient (Wildman–Crippen LogP) is 2.83. The second-order valence-corrected chi connectivity index (χ2v) is 5.75. The largest absolute Gasteiger partial charge is 0.365 e. The average molecular weight is 288 g/mol. The Morgan fingerprint density at radius 1 is 1.39 bits per heavy atom. The number of amides is 1. The molecule has 1 saturated heterocycles. The standard InChI is InChI=1S/C13H15Cl2NO2/c1-13(2)11(18-13)7-16-12(17)6-8-3-4-9(14)10(15)5-8/h3-5,11H,6-7H2,1-2H3,(H,16,17). The Kier molecular flexibility index (Phi) is 3.85. The van der Waals surface area contributed by atoms with E-state index < -0.39 is 0 Å². The van der Waals surface area contributed by atoms with E-state index in [2.05, 4.69) is 5.32 Å². The Labute approximate surface area is 116 Å². The van der Waals surface area contributed by atoms with E-state index in [4.69, 9.17) is 27.9 Å². The summed E-state index contributed by atoms with van der Waals surface area (Å²) in [5, 5.41) is 3.80. The molecule has 1 atom stereocenters. The van der Waals surface area contributed by atoms with E-state index in [0.29, 0.717) is 23.0 Å². The van der Waals surface area contributed by atoms with Crippen LogP contribution in [0.1, 0.15) is 19.4 Å². The molecular weight excluding hydrogens is 273 g/mol. The Balaban J connectivity index is 1.82. The molecule has 0 aliphatic carbocycles. The summed E-state index contributed by atoms with van der Waals surface area (Å²) in [6, 6.07) is 5.20. The minimum atomic E-state index is -0.100. The molecule has 1 fully saturated rings. The molecule has 1 aromatic rings. The van der Waals surface area contributed by atoms with Gasteiger partial charge in [-0.3, -0.25) is 4.79 Å². The number of rotatable bonds is 4. The number of epoxide rings is 1. The normalized spacial score (nSPS) is 20.6. The summed E-state index contributed by atoms with van der Waals surface area (Å²) in [5.41, 5.74) is 0.745. The second-order valence-electron chi connectivity index (χ2n) is 4.94. The number of carbonyl (C=O) groups is 1. The van der Waals surface area contributed by atoms with Gasteiger partial charge in [-0.05, 0) is 31.5 Å². The van der Waals surface area contributed by atoms with Crippen LogP contribution >= 0.6 is 23.2 Å². The molecule has 0 radical (unpaired) electrons. The van der Waals surface area contributed by atoms with Crippen molar-refractivity contribution in [1.29, 1.82) is 0 Å². The number of carbonyl (C=O) groups excluding carboxylic acids is 1. The summed E-state index contributed by atoms with van der Waals surface area (Å²) in [6.45, 7) is 4.55. The zero-order chi connectivity index (χ0) is 13.3. The molecule has 0 aromatic heterocycles. The van der Waals surface area contributed by atoms with Gasteiger partial charge in [-0.1, -0.05) is 29.3 Å². The van der Waals surface area contributed by atoms with Crippen LogP contribution in [0.2, 0.25) is 10.0 Å². The van der Waals surface area contributed by atoms with Gasteiger partial charge in [0.25, 0.3) is 0 Å². The first-order valence-corrected chi connectivity index (χ1v) is 6.52. The predicted molar refractivity (Wildman–Crippen MR) is 72.1 cm³/mol. The van der Waals surface area contributed by atoms with Gasteiger partial charge in [0, 0.05) is 6.54 Å². The highest BCUT2D eigenvalue weighted by Gasteiger charge is 2.47. The first-order chi connectivity index (χ1) is 8.38. The molecule has 1 aliphatic heterocycles. The quantitative estimate of drug-likeness (QED) is 0.866. The molecule has 0 spiro atoms. The van der Waals surface area contributed by atoms with E-state index in [0.717, 1.165) is 5.56 Å². The van der Waals surface area contributed by atoms with Crippen LogP contribution in [-0.2, 0) is 16.0 Å². The maximum atomic E-state index is 11.7. The van der Waals surface area contributed by atoms with Gasteiger partial charge in [-0.2, -0.15) is 0 Å². The van der Waals surface area contributed by atoms with Crippen molar-refractivity contribution in [1.82, 2.24) is 5.32 Å². The molecule has 0 bridgehead atoms. The van der Waals surface area contributed by atoms with Crippen molar-refractivity contribution in [3.63, 3.8) is 0 Å². The fourth-order valence-corrected chi connectivity index (χ4v) is 2.04. The molecule has 1 aliphatic rings. The van der Waals surface area contributed by atoms with Crippen molar-refractivity contribution in [3.8, 4) is 0 Å². The van der Waals surface area contributed by atoms with Crippen LogP contribution in [0.25, 0.3) is 0 Å². The lowest BCUT2D eigenvalue weighted by Crippen LogP contribution is -2.30. The summed E-state index contributed by atoms with van der Waals surface area (Å²) >= 11 is 11.7. The lowest BCUT2D eigenvalue weighted by molar-refractivity contribution is -0.120. The van der Waals surface area contributed by atoms with Crippen LogP contribution in [0.5, 0.6) is 0 Å². The molecule has 18 heavy (non-hydrogen) atoms. The van der Waals surface area contributed by atoms with Crippen LogP contribution in [0.15, 0.2) is 18.2 Å². The molecule has 1 heterocycles. The monoisotopic (exact) mass is 287 g/mol. The molecule has 1 amide bonds. The number of halogens is 2. The third-order valence-corrected chi connectivity index (χ3v) is 3.74. The van der Waals surface area contributed by atoms with E-state index >= 15 is 0 Å². The topological polar surface area (TPSA) is 41.6 Å². The number of hydrogen-bond donors (Lipinski definition) is 1. The maximum absolute atomic E-state index is 11.7. The Morgan fingerprint density at radius 2 is 2.06 bits per heavy atom. The zero-order valence-electron chi connectivity index (χ0n) is 10.3. The molecule has 0 saturated carbocycles. The van der Waals surface area contributed by atoms with E-state index in [-0.39, 0.29) is 17.6 Å². The first kappa shape index (κ1) is 13.7. The van der Waals surface area contributed by atoms with Gasteiger partial charge in [0.1, 0.15) is 6.10 Å². The number of benzene rings is 1. The van der Waals surface area contributed by atoms with Gasteiger partial charge in [0.2, 0.25) is 5.91 Å². The lowest BCUT2D eigenvalue weighted by Gasteiger charge is -2.05. The van der Waals surface area contributed by atoms with Gasteiger partial charge in [0.05, 0.1) is 22.1 Å². The van der Waals surface area contributed by atoms with E-state index in [9.17, 15) is 4.79 Å². The van der Waals surface area contributed by atoms with Crippen LogP contribution in [0.4, 0.5) is 0 Å². The van der Waals surface area contributed by atoms with Crippen molar-refractivity contribution in [3.05, 3.63) is 33.8 Å². The first-order valence-electron chi connectivity index (χ1n) is 5.77.